The Morgan fingerprint density at radius 2 is 1.59 bits per heavy atom. The molecule has 0 spiro atoms. The van der Waals surface area contributed by atoms with Gasteiger partial charge in [0.1, 0.15) is 36.2 Å². The second-order valence-corrected chi connectivity index (χ2v) is 15.5. The van der Waals surface area contributed by atoms with Crippen molar-refractivity contribution in [2.45, 2.75) is 91.3 Å². The monoisotopic (exact) mass is 818 g/mol. The second kappa shape index (κ2) is 21.5. The van der Waals surface area contributed by atoms with E-state index in [0.29, 0.717) is 54.4 Å². The van der Waals surface area contributed by atoms with Crippen LogP contribution in [0.5, 0.6) is 0 Å². The molecule has 0 fully saturated rings. The van der Waals surface area contributed by atoms with Gasteiger partial charge in [-0.2, -0.15) is 0 Å². The first kappa shape index (κ1) is 46.2. The summed E-state index contributed by atoms with van der Waals surface area (Å²) in [5, 5.41) is 9.64. The average Bonchev–Trinajstić information content (AvgIpc) is 3.55. The topological polar surface area (TPSA) is 221 Å². The number of benzene rings is 2. The van der Waals surface area contributed by atoms with Crippen LogP contribution in [0.2, 0.25) is 0 Å². The van der Waals surface area contributed by atoms with Crippen LogP contribution in [0.1, 0.15) is 65.3 Å². The van der Waals surface area contributed by atoms with Gasteiger partial charge in [-0.1, -0.05) is 44.2 Å². The molecule has 17 heteroatoms. The summed E-state index contributed by atoms with van der Waals surface area (Å²) in [6.45, 7) is 11.3. The van der Waals surface area contributed by atoms with E-state index in [1.807, 2.05) is 63.5 Å². The number of ether oxygens (including phenoxy) is 3. The first-order valence-electron chi connectivity index (χ1n) is 20.1. The number of para-hydroxylation sites is 1. The summed E-state index contributed by atoms with van der Waals surface area (Å²) < 4.78 is 19.2. The number of likely N-dealkylation sites (N-methyl/N-ethyl adjacent to an activating group) is 3. The molecule has 17 nitrogen and oxygen atoms in total. The molecule has 2 atom stereocenters. The molecule has 0 saturated carbocycles. The van der Waals surface area contributed by atoms with Crippen LogP contribution < -0.4 is 27.4 Å². The van der Waals surface area contributed by atoms with Crippen molar-refractivity contribution in [1.82, 2.24) is 35.0 Å². The molecule has 0 radical (unpaired) electrons. The third-order valence-electron chi connectivity index (χ3n) is 9.85. The summed E-state index contributed by atoms with van der Waals surface area (Å²) in [5.74, 6) is 0.412. The molecule has 322 valence electrons. The smallest absolute Gasteiger partial charge is 0.410 e. The average molecular weight is 819 g/mol. The number of nitrogens with one attached hydrogen (secondary N) is 3. The zero-order valence-corrected chi connectivity index (χ0v) is 35.7. The Morgan fingerprint density at radius 1 is 0.915 bits per heavy atom. The van der Waals surface area contributed by atoms with Crippen LogP contribution in [0, 0.1) is 5.92 Å². The Kier molecular flexibility index (Phi) is 16.8. The van der Waals surface area contributed by atoms with Gasteiger partial charge in [0, 0.05) is 44.9 Å². The van der Waals surface area contributed by atoms with Gasteiger partial charge in [0.05, 0.1) is 23.6 Å². The van der Waals surface area contributed by atoms with E-state index >= 15 is 0 Å². The van der Waals surface area contributed by atoms with Crippen molar-refractivity contribution >= 4 is 57.4 Å². The van der Waals surface area contributed by atoms with Crippen molar-refractivity contribution in [3.63, 3.8) is 0 Å². The van der Waals surface area contributed by atoms with E-state index in [-0.39, 0.29) is 50.6 Å². The number of nitrogens with zero attached hydrogens (tertiary/aromatic N) is 5. The number of nitrogen functional groups attached to an aromatic ring is 1. The minimum Gasteiger partial charge on any atom is -0.445 e. The summed E-state index contributed by atoms with van der Waals surface area (Å²) >= 11 is 0. The molecule has 4 amide bonds. The lowest BCUT2D eigenvalue weighted by Gasteiger charge is -2.30. The highest BCUT2D eigenvalue weighted by atomic mass is 16.6. The quantitative estimate of drug-likeness (QED) is 0.0728. The lowest BCUT2D eigenvalue weighted by molar-refractivity contribution is -0.128. The van der Waals surface area contributed by atoms with Gasteiger partial charge in [0.15, 0.2) is 5.82 Å². The number of imidazole rings is 1. The number of unbranched alkanes of at least 4 members (excludes halogenated alkanes) is 1. The molecule has 2 aromatic heterocycles. The fourth-order valence-electron chi connectivity index (χ4n) is 6.55. The van der Waals surface area contributed by atoms with E-state index in [2.05, 4.69) is 20.9 Å². The SMILES string of the molecule is CCOCc1nc2c(N)nc3ccccc3c2n1CC(C)(C)OC(=O)N(C)CCN(C)C(=O)OCc1ccc(NC(=O)[C@H](CCCCN)NC(=O)[C@@H](NC)C(C)C)cc1. The largest absolute Gasteiger partial charge is 0.445 e. The van der Waals surface area contributed by atoms with Gasteiger partial charge >= 0.3 is 12.2 Å². The van der Waals surface area contributed by atoms with Gasteiger partial charge in [0.25, 0.3) is 0 Å². The fraction of sp³-hybridized carbons (Fsp3) is 0.524. The van der Waals surface area contributed by atoms with Crippen molar-refractivity contribution in [1.29, 1.82) is 0 Å². The Labute approximate surface area is 346 Å². The number of carbonyl (C=O) groups is 4. The van der Waals surface area contributed by atoms with Crippen molar-refractivity contribution in [2.24, 2.45) is 11.7 Å². The number of hydrogen-bond acceptors (Lipinski definition) is 12. The summed E-state index contributed by atoms with van der Waals surface area (Å²) in [5.41, 5.74) is 14.3. The maximum absolute atomic E-state index is 13.3. The maximum Gasteiger partial charge on any atom is 0.410 e. The highest BCUT2D eigenvalue weighted by Gasteiger charge is 2.30. The van der Waals surface area contributed by atoms with E-state index in [0.717, 1.165) is 22.8 Å². The second-order valence-electron chi connectivity index (χ2n) is 15.5. The molecule has 0 bridgehead atoms. The number of nitrogens with two attached hydrogens (primary N) is 2. The van der Waals surface area contributed by atoms with Crippen molar-refractivity contribution in [3.05, 3.63) is 59.9 Å². The van der Waals surface area contributed by atoms with Crippen LogP contribution in [0.15, 0.2) is 48.5 Å². The van der Waals surface area contributed by atoms with Gasteiger partial charge in [0.2, 0.25) is 11.8 Å². The zero-order valence-electron chi connectivity index (χ0n) is 35.7. The van der Waals surface area contributed by atoms with E-state index in [4.69, 9.17) is 30.7 Å². The van der Waals surface area contributed by atoms with Crippen molar-refractivity contribution in [3.8, 4) is 0 Å². The molecular weight excluding hydrogens is 757 g/mol. The summed E-state index contributed by atoms with van der Waals surface area (Å²) in [6, 6.07) is 13.4. The molecule has 0 aliphatic rings. The van der Waals surface area contributed by atoms with Gasteiger partial charge in [-0.25, -0.2) is 19.6 Å². The summed E-state index contributed by atoms with van der Waals surface area (Å²) in [4.78, 5) is 64.4. The van der Waals surface area contributed by atoms with Crippen LogP contribution in [0.3, 0.4) is 0 Å². The lowest BCUT2D eigenvalue weighted by atomic mass is 10.0. The Bertz CT molecular complexity index is 2040. The number of anilines is 2. The summed E-state index contributed by atoms with van der Waals surface area (Å²) in [6.07, 6.45) is 0.738. The molecule has 7 N–H and O–H groups in total. The van der Waals surface area contributed by atoms with E-state index in [1.165, 1.54) is 9.80 Å². The number of fused-ring (bicyclic) bond motifs is 3. The highest BCUT2D eigenvalue weighted by Crippen LogP contribution is 2.31. The molecule has 0 aliphatic carbocycles. The van der Waals surface area contributed by atoms with Crippen molar-refractivity contribution in [2.75, 3.05) is 58.4 Å². The molecule has 0 saturated heterocycles. The normalized spacial score (nSPS) is 12.6. The zero-order chi connectivity index (χ0) is 43.3. The molecule has 2 heterocycles. The fourth-order valence-corrected chi connectivity index (χ4v) is 6.55. The van der Waals surface area contributed by atoms with E-state index < -0.39 is 29.9 Å². The van der Waals surface area contributed by atoms with Gasteiger partial charge in [-0.15, -0.1) is 0 Å². The Morgan fingerprint density at radius 3 is 2.24 bits per heavy atom. The van der Waals surface area contributed by atoms with Crippen molar-refractivity contribution < 1.29 is 33.4 Å². The van der Waals surface area contributed by atoms with E-state index in [1.54, 1.807) is 45.4 Å². The van der Waals surface area contributed by atoms with Crippen LogP contribution in [0.25, 0.3) is 21.9 Å². The van der Waals surface area contributed by atoms with Gasteiger partial charge < -0.3 is 56.0 Å². The molecular formula is C42H62N10O7. The molecule has 0 aliphatic heterocycles. The number of amides is 4. The van der Waals surface area contributed by atoms with E-state index in [9.17, 15) is 19.2 Å². The highest BCUT2D eigenvalue weighted by molar-refractivity contribution is 6.06. The molecule has 0 unspecified atom stereocenters. The Balaban J connectivity index is 1.28. The lowest BCUT2D eigenvalue weighted by Crippen LogP contribution is -2.52. The number of hydrogen-bond donors (Lipinski definition) is 5. The number of pyridine rings is 1. The minimum atomic E-state index is -0.978. The standard InChI is InChI=1S/C42H62N10O7/c1-9-57-25-33-49-35-36(30-14-10-11-15-31(30)47-37(35)44)52(33)26-42(4,5)59-41(56)51(8)23-22-50(7)40(55)58-24-28-17-19-29(20-18-28)46-38(53)32(16-12-13-21-43)48-39(54)34(45-6)27(2)3/h10-11,14-15,17-20,27,32,34,45H,9,12-13,16,21-26,43H2,1-8H3,(H2,44,47)(H,46,53)(H,48,54)/t32-,34-/m0/s1. The predicted molar refractivity (Wildman–Crippen MR) is 228 cm³/mol. The number of aromatic nitrogens is 3. The summed E-state index contributed by atoms with van der Waals surface area (Å²) in [7, 11) is 4.90. The van der Waals surface area contributed by atoms with Gasteiger partial charge in [-0.3, -0.25) is 9.59 Å². The predicted octanol–water partition coefficient (Wildman–Crippen LogP) is 4.62. The molecule has 4 rings (SSSR count). The third-order valence-corrected chi connectivity index (χ3v) is 9.85. The van der Waals surface area contributed by atoms with Crippen LogP contribution in [-0.2, 0) is 43.6 Å². The molecule has 59 heavy (non-hydrogen) atoms. The maximum atomic E-state index is 13.3. The first-order valence-corrected chi connectivity index (χ1v) is 20.1. The minimum absolute atomic E-state index is 0.00688. The number of carbonyl (C=O) groups excluding carboxylic acids is 4. The van der Waals surface area contributed by atoms with Crippen LogP contribution in [-0.4, -0.2) is 113 Å². The third kappa shape index (κ3) is 12.7. The first-order chi connectivity index (χ1) is 28.1. The Hall–Kier alpha value is -5.52. The van der Waals surface area contributed by atoms with Crippen LogP contribution >= 0.6 is 0 Å². The van der Waals surface area contributed by atoms with Crippen LogP contribution in [0.4, 0.5) is 21.1 Å². The number of rotatable bonds is 21. The van der Waals surface area contributed by atoms with Gasteiger partial charge in [-0.05, 0) is 83.3 Å². The molecule has 4 aromatic rings. The molecule has 2 aromatic carbocycles.